The molecule has 0 saturated heterocycles. The first-order valence-electron chi connectivity index (χ1n) is 15.9. The number of fused-ring (bicyclic) bond motifs is 16. The topological polar surface area (TPSA) is 56.7 Å². The zero-order chi connectivity index (χ0) is 31.4. The van der Waals surface area contributed by atoms with Crippen molar-refractivity contribution in [2.24, 2.45) is 0 Å². The van der Waals surface area contributed by atoms with Crippen molar-refractivity contribution in [2.75, 3.05) is 0 Å². The molecular formula is C41H29N5O. The Hall–Kier alpha value is -6.01. The number of hydrogen-bond acceptors (Lipinski definition) is 4. The van der Waals surface area contributed by atoms with E-state index in [-0.39, 0.29) is 5.41 Å². The van der Waals surface area contributed by atoms with Gasteiger partial charge in [0.05, 0.1) is 39.3 Å². The van der Waals surface area contributed by atoms with Gasteiger partial charge in [-0.05, 0) is 101 Å². The summed E-state index contributed by atoms with van der Waals surface area (Å²) in [5.41, 5.74) is 9.39. The second-order valence-corrected chi connectivity index (χ2v) is 13.4. The van der Waals surface area contributed by atoms with Gasteiger partial charge in [0.2, 0.25) is 0 Å². The lowest BCUT2D eigenvalue weighted by Gasteiger charge is -2.20. The standard InChI is InChI=1S/C41H29N5O/c1-41(2,3)24-12-17-35-30(20-24)28-16-14-26(22-32(28)39-43-33-8-4-6-10-36(33)45(35)39)47-25-13-15-27-29-18-19-42-23-38(29)46-37-11-7-5-9-34(37)44-40(46)31(27)21-25/h4-23H,1-3H3. The minimum atomic E-state index is 0.0273. The van der Waals surface area contributed by atoms with Crippen LogP contribution in [0.4, 0.5) is 0 Å². The number of nitrogens with zero attached hydrogens (tertiary/aromatic N) is 5. The molecule has 47 heavy (non-hydrogen) atoms. The second kappa shape index (κ2) is 9.27. The third kappa shape index (κ3) is 3.75. The van der Waals surface area contributed by atoms with E-state index >= 15 is 0 Å². The lowest BCUT2D eigenvalue weighted by Crippen LogP contribution is -2.10. The van der Waals surface area contributed by atoms with Crippen molar-refractivity contribution in [1.82, 2.24) is 23.8 Å². The summed E-state index contributed by atoms with van der Waals surface area (Å²) in [6.45, 7) is 6.78. The van der Waals surface area contributed by atoms with Crippen LogP contribution in [-0.2, 0) is 5.41 Å². The summed E-state index contributed by atoms with van der Waals surface area (Å²) in [5, 5.41) is 6.68. The number of aromatic nitrogens is 5. The highest BCUT2D eigenvalue weighted by atomic mass is 16.5. The predicted molar refractivity (Wildman–Crippen MR) is 192 cm³/mol. The first kappa shape index (κ1) is 26.2. The summed E-state index contributed by atoms with van der Waals surface area (Å²) >= 11 is 0. The summed E-state index contributed by atoms with van der Waals surface area (Å²) in [6, 6.07) is 38.2. The van der Waals surface area contributed by atoms with Gasteiger partial charge in [-0.25, -0.2) is 9.97 Å². The van der Waals surface area contributed by atoms with Crippen LogP contribution < -0.4 is 4.74 Å². The predicted octanol–water partition coefficient (Wildman–Crippen LogP) is 10.4. The average molecular weight is 608 g/mol. The van der Waals surface area contributed by atoms with Crippen LogP contribution in [0.3, 0.4) is 0 Å². The van der Waals surface area contributed by atoms with Gasteiger partial charge in [-0.1, -0.05) is 51.1 Å². The number of imidazole rings is 2. The SMILES string of the molecule is CC(C)(C)c1ccc2c(c1)c1ccc(Oc3ccc4c5ccncc5n5c6ccccc6nc5c4c3)cc1c1nc3ccccc3n21. The molecule has 0 amide bonds. The van der Waals surface area contributed by atoms with Gasteiger partial charge in [0, 0.05) is 27.7 Å². The maximum Gasteiger partial charge on any atom is 0.146 e. The normalized spacial score (nSPS) is 12.6. The van der Waals surface area contributed by atoms with Crippen molar-refractivity contribution in [3.8, 4) is 11.5 Å². The summed E-state index contributed by atoms with van der Waals surface area (Å²) < 4.78 is 11.2. The fourth-order valence-corrected chi connectivity index (χ4v) is 7.26. The fraction of sp³-hybridized carbons (Fsp3) is 0.0976. The molecule has 0 N–H and O–H groups in total. The molecule has 5 heterocycles. The first-order valence-corrected chi connectivity index (χ1v) is 15.9. The average Bonchev–Trinajstić information content (AvgIpc) is 3.68. The van der Waals surface area contributed by atoms with Crippen molar-refractivity contribution in [3.05, 3.63) is 127 Å². The quantitative estimate of drug-likeness (QED) is 0.184. The van der Waals surface area contributed by atoms with Crippen molar-refractivity contribution in [1.29, 1.82) is 0 Å². The molecule has 0 unspecified atom stereocenters. The molecule has 6 nitrogen and oxygen atoms in total. The van der Waals surface area contributed by atoms with E-state index in [1.807, 2.05) is 30.6 Å². The Morgan fingerprint density at radius 1 is 0.511 bits per heavy atom. The largest absolute Gasteiger partial charge is 0.457 e. The van der Waals surface area contributed by atoms with E-state index in [2.05, 4.69) is 126 Å². The lowest BCUT2D eigenvalue weighted by atomic mass is 9.86. The molecule has 0 fully saturated rings. The van der Waals surface area contributed by atoms with E-state index in [0.29, 0.717) is 0 Å². The van der Waals surface area contributed by atoms with Gasteiger partial charge in [0.1, 0.15) is 22.8 Å². The van der Waals surface area contributed by atoms with Crippen LogP contribution in [0.15, 0.2) is 122 Å². The highest BCUT2D eigenvalue weighted by Gasteiger charge is 2.19. The van der Waals surface area contributed by atoms with E-state index in [1.165, 1.54) is 10.9 Å². The minimum Gasteiger partial charge on any atom is -0.457 e. The molecule has 6 heteroatoms. The van der Waals surface area contributed by atoms with Gasteiger partial charge in [0.25, 0.3) is 0 Å². The number of para-hydroxylation sites is 4. The highest BCUT2D eigenvalue weighted by Crippen LogP contribution is 2.39. The number of pyridine rings is 3. The Morgan fingerprint density at radius 3 is 1.74 bits per heavy atom. The third-order valence-electron chi connectivity index (χ3n) is 9.55. The molecule has 10 rings (SSSR count). The molecule has 10 aromatic rings. The molecule has 5 aromatic carbocycles. The maximum atomic E-state index is 6.66. The van der Waals surface area contributed by atoms with Gasteiger partial charge >= 0.3 is 0 Å². The number of ether oxygens (including phenoxy) is 1. The van der Waals surface area contributed by atoms with Crippen molar-refractivity contribution in [2.45, 2.75) is 26.2 Å². The van der Waals surface area contributed by atoms with Gasteiger partial charge in [-0.15, -0.1) is 0 Å². The Bertz CT molecular complexity index is 2930. The summed E-state index contributed by atoms with van der Waals surface area (Å²) in [6.07, 6.45) is 3.77. The molecule has 0 aliphatic rings. The molecule has 0 spiro atoms. The molecule has 0 saturated carbocycles. The van der Waals surface area contributed by atoms with E-state index in [0.717, 1.165) is 82.8 Å². The first-order chi connectivity index (χ1) is 22.9. The molecule has 0 bridgehead atoms. The van der Waals surface area contributed by atoms with E-state index < -0.39 is 0 Å². The molecule has 224 valence electrons. The van der Waals surface area contributed by atoms with Gasteiger partial charge in [-0.2, -0.15) is 0 Å². The maximum absolute atomic E-state index is 6.66. The van der Waals surface area contributed by atoms with Gasteiger partial charge in [-0.3, -0.25) is 13.8 Å². The summed E-state index contributed by atoms with van der Waals surface area (Å²) in [7, 11) is 0. The Balaban J connectivity index is 1.20. The van der Waals surface area contributed by atoms with Crippen molar-refractivity contribution < 1.29 is 4.74 Å². The van der Waals surface area contributed by atoms with Crippen LogP contribution in [0.5, 0.6) is 11.5 Å². The van der Waals surface area contributed by atoms with Crippen LogP contribution in [-0.4, -0.2) is 23.8 Å². The van der Waals surface area contributed by atoms with E-state index in [9.17, 15) is 0 Å². The Morgan fingerprint density at radius 2 is 1.11 bits per heavy atom. The number of rotatable bonds is 2. The summed E-state index contributed by atoms with van der Waals surface area (Å²) in [5.74, 6) is 1.51. The zero-order valence-corrected chi connectivity index (χ0v) is 26.2. The molecule has 0 atom stereocenters. The number of benzene rings is 5. The Kier molecular flexibility index (Phi) is 5.17. The molecule has 5 aromatic heterocycles. The minimum absolute atomic E-state index is 0.0273. The lowest BCUT2D eigenvalue weighted by molar-refractivity contribution is 0.484. The Labute approximate surface area is 269 Å². The molecule has 0 radical (unpaired) electrons. The van der Waals surface area contributed by atoms with Crippen LogP contribution in [0.2, 0.25) is 0 Å². The van der Waals surface area contributed by atoms with Crippen LogP contribution in [0.25, 0.3) is 76.7 Å². The van der Waals surface area contributed by atoms with Crippen LogP contribution in [0.1, 0.15) is 26.3 Å². The number of hydrogen-bond donors (Lipinski definition) is 0. The van der Waals surface area contributed by atoms with Crippen molar-refractivity contribution in [3.63, 3.8) is 0 Å². The van der Waals surface area contributed by atoms with Gasteiger partial charge in [0.15, 0.2) is 0 Å². The highest BCUT2D eigenvalue weighted by molar-refractivity contribution is 6.15. The summed E-state index contributed by atoms with van der Waals surface area (Å²) in [4.78, 5) is 14.6. The fourth-order valence-electron chi connectivity index (χ4n) is 7.26. The third-order valence-corrected chi connectivity index (χ3v) is 9.55. The van der Waals surface area contributed by atoms with E-state index in [1.54, 1.807) is 0 Å². The monoisotopic (exact) mass is 607 g/mol. The molecular weight excluding hydrogens is 578 g/mol. The van der Waals surface area contributed by atoms with Gasteiger partial charge < -0.3 is 4.74 Å². The van der Waals surface area contributed by atoms with Crippen LogP contribution in [0, 0.1) is 0 Å². The van der Waals surface area contributed by atoms with Crippen LogP contribution >= 0.6 is 0 Å². The smallest absolute Gasteiger partial charge is 0.146 e. The van der Waals surface area contributed by atoms with Crippen molar-refractivity contribution >= 4 is 76.7 Å². The second-order valence-electron chi connectivity index (χ2n) is 13.4. The zero-order valence-electron chi connectivity index (χ0n) is 26.2. The molecule has 0 aliphatic carbocycles. The van der Waals surface area contributed by atoms with E-state index in [4.69, 9.17) is 14.7 Å². The molecule has 0 aliphatic heterocycles.